The summed E-state index contributed by atoms with van der Waals surface area (Å²) in [7, 11) is 1.95. The molecule has 0 amide bonds. The summed E-state index contributed by atoms with van der Waals surface area (Å²) >= 11 is 0. The van der Waals surface area contributed by atoms with E-state index in [2.05, 4.69) is 9.97 Å². The van der Waals surface area contributed by atoms with Crippen LogP contribution < -0.4 is 4.90 Å². The summed E-state index contributed by atoms with van der Waals surface area (Å²) in [5, 5.41) is 18.6. The van der Waals surface area contributed by atoms with Gasteiger partial charge in [0, 0.05) is 25.6 Å². The lowest BCUT2D eigenvalue weighted by Crippen LogP contribution is -2.20. The molecule has 2 rings (SSSR count). The van der Waals surface area contributed by atoms with Crippen LogP contribution in [0.2, 0.25) is 0 Å². The Kier molecular flexibility index (Phi) is 5.05. The molecule has 0 saturated heterocycles. The first kappa shape index (κ1) is 15.2. The molecule has 6 nitrogen and oxygen atoms in total. The highest BCUT2D eigenvalue weighted by Crippen LogP contribution is 2.23. The van der Waals surface area contributed by atoms with E-state index < -0.39 is 5.97 Å². The average molecular weight is 289 g/mol. The molecule has 0 unspecified atom stereocenters. The number of anilines is 1. The predicted molar refractivity (Wildman–Crippen MR) is 80.7 cm³/mol. The number of aliphatic hydroxyl groups is 1. The van der Waals surface area contributed by atoms with Crippen molar-refractivity contribution in [1.29, 1.82) is 0 Å². The lowest BCUT2D eigenvalue weighted by atomic mass is 10.1. The maximum Gasteiger partial charge on any atom is 0.335 e. The molecule has 0 aliphatic heterocycles. The van der Waals surface area contributed by atoms with Gasteiger partial charge in [0.25, 0.3) is 0 Å². The zero-order valence-corrected chi connectivity index (χ0v) is 12.0. The van der Waals surface area contributed by atoms with Crippen molar-refractivity contribution in [3.8, 4) is 0 Å². The van der Waals surface area contributed by atoms with Gasteiger partial charge in [-0.3, -0.25) is 0 Å². The van der Waals surface area contributed by atoms with Crippen molar-refractivity contribution >= 4 is 22.7 Å². The fourth-order valence-corrected chi connectivity index (χ4v) is 2.22. The SMILES string of the molecule is CN(CCCCCO)c1ncnc2cc(C(=O)O)ccc12. The van der Waals surface area contributed by atoms with Crippen LogP contribution in [-0.2, 0) is 0 Å². The van der Waals surface area contributed by atoms with Gasteiger partial charge in [0.05, 0.1) is 11.1 Å². The summed E-state index contributed by atoms with van der Waals surface area (Å²) in [6, 6.07) is 4.87. The highest BCUT2D eigenvalue weighted by Gasteiger charge is 2.11. The zero-order valence-electron chi connectivity index (χ0n) is 12.0. The maximum absolute atomic E-state index is 11.0. The molecule has 0 spiro atoms. The third kappa shape index (κ3) is 3.66. The van der Waals surface area contributed by atoms with Gasteiger partial charge in [-0.2, -0.15) is 0 Å². The van der Waals surface area contributed by atoms with E-state index in [0.717, 1.165) is 37.0 Å². The minimum absolute atomic E-state index is 0.220. The second-order valence-corrected chi connectivity index (χ2v) is 4.94. The Balaban J connectivity index is 2.21. The number of aromatic carboxylic acids is 1. The molecule has 1 heterocycles. The van der Waals surface area contributed by atoms with Crippen LogP contribution >= 0.6 is 0 Å². The molecule has 0 atom stereocenters. The number of rotatable bonds is 7. The van der Waals surface area contributed by atoms with Crippen LogP contribution in [0.15, 0.2) is 24.5 Å². The molecule has 2 aromatic rings. The molecular formula is C15H19N3O3. The number of aromatic nitrogens is 2. The normalized spacial score (nSPS) is 10.8. The van der Waals surface area contributed by atoms with Gasteiger partial charge in [-0.25, -0.2) is 14.8 Å². The van der Waals surface area contributed by atoms with Gasteiger partial charge in [0.1, 0.15) is 12.1 Å². The largest absolute Gasteiger partial charge is 0.478 e. The van der Waals surface area contributed by atoms with Gasteiger partial charge in [-0.05, 0) is 37.5 Å². The third-order valence-electron chi connectivity index (χ3n) is 3.38. The van der Waals surface area contributed by atoms with Crippen LogP contribution in [0.5, 0.6) is 0 Å². The summed E-state index contributed by atoms with van der Waals surface area (Å²) < 4.78 is 0. The first-order chi connectivity index (χ1) is 10.1. The van der Waals surface area contributed by atoms with Crippen LogP contribution in [0.3, 0.4) is 0 Å². The van der Waals surface area contributed by atoms with Crippen LogP contribution in [0.4, 0.5) is 5.82 Å². The highest BCUT2D eigenvalue weighted by atomic mass is 16.4. The van der Waals surface area contributed by atoms with E-state index in [0.29, 0.717) is 5.52 Å². The van der Waals surface area contributed by atoms with Gasteiger partial charge >= 0.3 is 5.97 Å². The number of fused-ring (bicyclic) bond motifs is 1. The molecule has 1 aromatic heterocycles. The Morgan fingerprint density at radius 1 is 1.24 bits per heavy atom. The van der Waals surface area contributed by atoms with Crippen molar-refractivity contribution < 1.29 is 15.0 Å². The van der Waals surface area contributed by atoms with Gasteiger partial charge in [-0.1, -0.05) is 0 Å². The number of carbonyl (C=O) groups is 1. The van der Waals surface area contributed by atoms with E-state index in [1.165, 1.54) is 6.33 Å². The van der Waals surface area contributed by atoms with E-state index in [9.17, 15) is 4.79 Å². The molecule has 21 heavy (non-hydrogen) atoms. The fraction of sp³-hybridized carbons (Fsp3) is 0.400. The van der Waals surface area contributed by atoms with Gasteiger partial charge < -0.3 is 15.1 Å². The number of unbranched alkanes of at least 4 members (excludes halogenated alkanes) is 2. The minimum Gasteiger partial charge on any atom is -0.478 e. The van der Waals surface area contributed by atoms with E-state index >= 15 is 0 Å². The lowest BCUT2D eigenvalue weighted by molar-refractivity contribution is 0.0697. The number of hydrogen-bond donors (Lipinski definition) is 2. The van der Waals surface area contributed by atoms with Gasteiger partial charge in [0.15, 0.2) is 0 Å². The van der Waals surface area contributed by atoms with E-state index in [-0.39, 0.29) is 12.2 Å². The van der Waals surface area contributed by atoms with E-state index in [4.69, 9.17) is 10.2 Å². The van der Waals surface area contributed by atoms with Crippen LogP contribution in [0.25, 0.3) is 10.9 Å². The van der Waals surface area contributed by atoms with Gasteiger partial charge in [-0.15, -0.1) is 0 Å². The van der Waals surface area contributed by atoms with Crippen LogP contribution in [0.1, 0.15) is 29.6 Å². The third-order valence-corrected chi connectivity index (χ3v) is 3.38. The second kappa shape index (κ2) is 6.99. The molecule has 2 N–H and O–H groups in total. The highest BCUT2D eigenvalue weighted by molar-refractivity contribution is 5.96. The molecule has 1 aromatic carbocycles. The Morgan fingerprint density at radius 3 is 2.76 bits per heavy atom. The molecule has 0 aliphatic carbocycles. The first-order valence-corrected chi connectivity index (χ1v) is 6.93. The summed E-state index contributed by atoms with van der Waals surface area (Å²) in [4.78, 5) is 21.5. The molecule has 0 fully saturated rings. The maximum atomic E-state index is 11.0. The van der Waals surface area contributed by atoms with Crippen molar-refractivity contribution in [1.82, 2.24) is 9.97 Å². The quantitative estimate of drug-likeness (QED) is 0.757. The number of hydrogen-bond acceptors (Lipinski definition) is 5. The number of benzene rings is 1. The van der Waals surface area contributed by atoms with E-state index in [1.807, 2.05) is 11.9 Å². The van der Waals surface area contributed by atoms with Gasteiger partial charge in [0.2, 0.25) is 0 Å². The second-order valence-electron chi connectivity index (χ2n) is 4.94. The number of nitrogens with zero attached hydrogens (tertiary/aromatic N) is 3. The molecule has 0 radical (unpaired) electrons. The average Bonchev–Trinajstić information content (AvgIpc) is 2.50. The van der Waals surface area contributed by atoms with Crippen molar-refractivity contribution in [3.05, 3.63) is 30.1 Å². The van der Waals surface area contributed by atoms with Crippen molar-refractivity contribution in [2.24, 2.45) is 0 Å². The fourth-order valence-electron chi connectivity index (χ4n) is 2.22. The van der Waals surface area contributed by atoms with E-state index in [1.54, 1.807) is 18.2 Å². The number of carboxylic acids is 1. The number of aliphatic hydroxyl groups excluding tert-OH is 1. The molecule has 6 heteroatoms. The molecule has 0 bridgehead atoms. The summed E-state index contributed by atoms with van der Waals surface area (Å²) in [5.74, 6) is -0.171. The zero-order chi connectivity index (χ0) is 15.2. The Bertz CT molecular complexity index is 631. The summed E-state index contributed by atoms with van der Waals surface area (Å²) in [6.07, 6.45) is 4.19. The smallest absolute Gasteiger partial charge is 0.335 e. The molecule has 112 valence electrons. The summed E-state index contributed by atoms with van der Waals surface area (Å²) in [5.41, 5.74) is 0.847. The standard InChI is InChI=1S/C15H19N3O3/c1-18(7-3-2-4-8-19)14-12-6-5-11(15(20)21)9-13(12)16-10-17-14/h5-6,9-10,19H,2-4,7-8H2,1H3,(H,20,21). The minimum atomic E-state index is -0.963. The monoisotopic (exact) mass is 289 g/mol. The predicted octanol–water partition coefficient (Wildman–Crippen LogP) is 1.93. The Morgan fingerprint density at radius 2 is 2.05 bits per heavy atom. The summed E-state index contributed by atoms with van der Waals surface area (Å²) in [6.45, 7) is 1.05. The van der Waals surface area contributed by atoms with Crippen LogP contribution in [-0.4, -0.2) is 46.3 Å². The van der Waals surface area contributed by atoms with Crippen molar-refractivity contribution in [3.63, 3.8) is 0 Å². The molecule has 0 saturated carbocycles. The van der Waals surface area contributed by atoms with Crippen LogP contribution in [0, 0.1) is 0 Å². The Hall–Kier alpha value is -2.21. The lowest BCUT2D eigenvalue weighted by Gasteiger charge is -2.19. The molecular weight excluding hydrogens is 270 g/mol. The Labute approximate surface area is 123 Å². The van der Waals surface area contributed by atoms with Crippen molar-refractivity contribution in [2.45, 2.75) is 19.3 Å². The topological polar surface area (TPSA) is 86.5 Å². The molecule has 0 aliphatic rings. The van der Waals surface area contributed by atoms with Crippen molar-refractivity contribution in [2.75, 3.05) is 25.1 Å². The number of carboxylic acid groups (broad SMARTS) is 1. The first-order valence-electron chi connectivity index (χ1n) is 6.93.